The lowest BCUT2D eigenvalue weighted by atomic mass is 10.0. The van der Waals surface area contributed by atoms with Crippen molar-refractivity contribution in [2.45, 2.75) is 44.4 Å². The van der Waals surface area contributed by atoms with Crippen LogP contribution < -0.4 is 5.32 Å². The molecule has 3 atom stereocenters. The van der Waals surface area contributed by atoms with Crippen molar-refractivity contribution in [3.63, 3.8) is 0 Å². The minimum atomic E-state index is -0.852. The highest BCUT2D eigenvalue weighted by Crippen LogP contribution is 2.20. The zero-order valence-electron chi connectivity index (χ0n) is 11.7. The van der Waals surface area contributed by atoms with Crippen LogP contribution in [0.3, 0.4) is 0 Å². The SMILES string of the molecule is CC1CC(NC(=O)N2CCSCC2CC(=O)O)CCO1. The Kier molecular flexibility index (Phi) is 5.54. The highest BCUT2D eigenvalue weighted by Gasteiger charge is 2.30. The van der Waals surface area contributed by atoms with Crippen LogP contribution in [0.4, 0.5) is 4.79 Å². The lowest BCUT2D eigenvalue weighted by Crippen LogP contribution is -2.54. The maximum Gasteiger partial charge on any atom is 0.317 e. The van der Waals surface area contributed by atoms with E-state index in [4.69, 9.17) is 9.84 Å². The maximum absolute atomic E-state index is 12.3. The largest absolute Gasteiger partial charge is 0.481 e. The summed E-state index contributed by atoms with van der Waals surface area (Å²) < 4.78 is 5.46. The lowest BCUT2D eigenvalue weighted by Gasteiger charge is -2.36. The predicted molar refractivity (Wildman–Crippen MR) is 77.0 cm³/mol. The van der Waals surface area contributed by atoms with Gasteiger partial charge in [-0.25, -0.2) is 4.79 Å². The average molecular weight is 302 g/mol. The Labute approximate surface area is 123 Å². The number of thioether (sulfide) groups is 1. The van der Waals surface area contributed by atoms with Crippen molar-refractivity contribution in [3.05, 3.63) is 0 Å². The fraction of sp³-hybridized carbons (Fsp3) is 0.846. The molecule has 2 saturated heterocycles. The highest BCUT2D eigenvalue weighted by atomic mass is 32.2. The first-order valence-corrected chi connectivity index (χ1v) is 8.20. The first-order valence-electron chi connectivity index (χ1n) is 7.04. The Morgan fingerprint density at radius 2 is 2.30 bits per heavy atom. The minimum Gasteiger partial charge on any atom is -0.481 e. The summed E-state index contributed by atoms with van der Waals surface area (Å²) in [4.78, 5) is 24.9. The van der Waals surface area contributed by atoms with Gasteiger partial charge in [-0.1, -0.05) is 0 Å². The van der Waals surface area contributed by atoms with Gasteiger partial charge in [0.15, 0.2) is 0 Å². The standard InChI is InChI=1S/C13H22N2O4S/c1-9-6-10(2-4-19-9)14-13(18)15-3-5-20-8-11(15)7-12(16)17/h9-11H,2-8H2,1H3,(H,14,18)(H,16,17). The van der Waals surface area contributed by atoms with Crippen LogP contribution >= 0.6 is 11.8 Å². The molecule has 0 aliphatic carbocycles. The first-order chi connectivity index (χ1) is 9.56. The van der Waals surface area contributed by atoms with Gasteiger partial charge in [0.1, 0.15) is 0 Å². The number of carboxylic acids is 1. The number of carbonyl (C=O) groups is 2. The van der Waals surface area contributed by atoms with E-state index in [1.807, 2.05) is 6.92 Å². The molecule has 0 aromatic heterocycles. The topological polar surface area (TPSA) is 78.9 Å². The normalized spacial score (nSPS) is 30.9. The van der Waals surface area contributed by atoms with Crippen molar-refractivity contribution in [2.24, 2.45) is 0 Å². The summed E-state index contributed by atoms with van der Waals surface area (Å²) in [6.45, 7) is 3.29. The Morgan fingerprint density at radius 3 is 3.00 bits per heavy atom. The Bertz CT molecular complexity index is 366. The monoisotopic (exact) mass is 302 g/mol. The quantitative estimate of drug-likeness (QED) is 0.818. The third kappa shape index (κ3) is 4.28. The average Bonchev–Trinajstić information content (AvgIpc) is 2.38. The minimum absolute atomic E-state index is 0.0185. The van der Waals surface area contributed by atoms with Crippen LogP contribution in [-0.4, -0.2) is 64.9 Å². The Hall–Kier alpha value is -0.950. The number of hydrogen-bond acceptors (Lipinski definition) is 4. The number of hydrogen-bond donors (Lipinski definition) is 2. The molecule has 0 radical (unpaired) electrons. The molecular formula is C13H22N2O4S. The van der Waals surface area contributed by atoms with Gasteiger partial charge in [0.05, 0.1) is 18.6 Å². The second-order valence-corrected chi connectivity index (χ2v) is 6.52. The number of urea groups is 1. The van der Waals surface area contributed by atoms with E-state index in [9.17, 15) is 9.59 Å². The summed E-state index contributed by atoms with van der Waals surface area (Å²) in [7, 11) is 0. The fourth-order valence-corrected chi connectivity index (χ4v) is 3.74. The molecule has 0 bridgehead atoms. The van der Waals surface area contributed by atoms with E-state index in [1.54, 1.807) is 16.7 Å². The molecule has 0 spiro atoms. The molecule has 2 amide bonds. The van der Waals surface area contributed by atoms with Crippen molar-refractivity contribution >= 4 is 23.8 Å². The van der Waals surface area contributed by atoms with Crippen molar-refractivity contribution in [1.29, 1.82) is 0 Å². The second kappa shape index (κ2) is 7.17. The molecule has 0 aromatic carbocycles. The number of aliphatic carboxylic acids is 1. The molecule has 114 valence electrons. The van der Waals surface area contributed by atoms with Crippen LogP contribution in [0.5, 0.6) is 0 Å². The van der Waals surface area contributed by atoms with E-state index in [0.29, 0.717) is 18.9 Å². The van der Waals surface area contributed by atoms with Gasteiger partial charge in [-0.3, -0.25) is 4.79 Å². The van der Waals surface area contributed by atoms with Gasteiger partial charge in [0, 0.05) is 30.7 Å². The second-order valence-electron chi connectivity index (χ2n) is 5.37. The number of ether oxygens (including phenoxy) is 1. The number of amides is 2. The molecule has 2 heterocycles. The van der Waals surface area contributed by atoms with Crippen molar-refractivity contribution in [2.75, 3.05) is 24.7 Å². The maximum atomic E-state index is 12.3. The number of rotatable bonds is 3. The molecular weight excluding hydrogens is 280 g/mol. The fourth-order valence-electron chi connectivity index (χ4n) is 2.68. The molecule has 0 saturated carbocycles. The Morgan fingerprint density at radius 1 is 1.50 bits per heavy atom. The smallest absolute Gasteiger partial charge is 0.317 e. The van der Waals surface area contributed by atoms with Gasteiger partial charge >= 0.3 is 12.0 Å². The Balaban J connectivity index is 1.90. The van der Waals surface area contributed by atoms with Crippen LogP contribution in [0.15, 0.2) is 0 Å². The van der Waals surface area contributed by atoms with Crippen LogP contribution in [-0.2, 0) is 9.53 Å². The summed E-state index contributed by atoms with van der Waals surface area (Å²) in [5.41, 5.74) is 0. The van der Waals surface area contributed by atoms with E-state index < -0.39 is 5.97 Å². The third-order valence-electron chi connectivity index (χ3n) is 3.71. The van der Waals surface area contributed by atoms with Crippen LogP contribution in [0.25, 0.3) is 0 Å². The van der Waals surface area contributed by atoms with E-state index in [0.717, 1.165) is 18.6 Å². The summed E-state index contributed by atoms with van der Waals surface area (Å²) in [6.07, 6.45) is 1.82. The molecule has 2 aliphatic heterocycles. The molecule has 20 heavy (non-hydrogen) atoms. The zero-order valence-corrected chi connectivity index (χ0v) is 12.5. The molecule has 2 fully saturated rings. The number of carbonyl (C=O) groups excluding carboxylic acids is 1. The third-order valence-corrected chi connectivity index (χ3v) is 4.80. The van der Waals surface area contributed by atoms with Gasteiger partial charge in [-0.05, 0) is 19.8 Å². The molecule has 6 nitrogen and oxygen atoms in total. The number of nitrogens with zero attached hydrogens (tertiary/aromatic N) is 1. The molecule has 0 aromatic rings. The molecule has 3 unspecified atom stereocenters. The summed E-state index contributed by atoms with van der Waals surface area (Å²) in [5.74, 6) is 0.715. The van der Waals surface area contributed by atoms with Crippen LogP contribution in [0.1, 0.15) is 26.2 Å². The lowest BCUT2D eigenvalue weighted by molar-refractivity contribution is -0.138. The van der Waals surface area contributed by atoms with Crippen molar-refractivity contribution in [1.82, 2.24) is 10.2 Å². The van der Waals surface area contributed by atoms with E-state index >= 15 is 0 Å². The summed E-state index contributed by atoms with van der Waals surface area (Å²) in [6, 6.07) is -0.203. The van der Waals surface area contributed by atoms with Crippen molar-refractivity contribution in [3.8, 4) is 0 Å². The predicted octanol–water partition coefficient (Wildman–Crippen LogP) is 1.16. The highest BCUT2D eigenvalue weighted by molar-refractivity contribution is 7.99. The van der Waals surface area contributed by atoms with Gasteiger partial charge in [0.25, 0.3) is 0 Å². The van der Waals surface area contributed by atoms with Crippen LogP contribution in [0.2, 0.25) is 0 Å². The molecule has 7 heteroatoms. The van der Waals surface area contributed by atoms with E-state index in [1.165, 1.54) is 0 Å². The first kappa shape index (κ1) is 15.4. The van der Waals surface area contributed by atoms with Gasteiger partial charge in [0.2, 0.25) is 0 Å². The van der Waals surface area contributed by atoms with Gasteiger partial charge in [-0.15, -0.1) is 0 Å². The summed E-state index contributed by atoms with van der Waals surface area (Å²) in [5, 5.41) is 12.0. The van der Waals surface area contributed by atoms with Gasteiger partial charge < -0.3 is 20.1 Å². The van der Waals surface area contributed by atoms with Crippen molar-refractivity contribution < 1.29 is 19.4 Å². The molecule has 2 rings (SSSR count). The molecule has 2 aliphatic rings. The number of carboxylic acid groups (broad SMARTS) is 1. The van der Waals surface area contributed by atoms with Gasteiger partial charge in [-0.2, -0.15) is 11.8 Å². The van der Waals surface area contributed by atoms with E-state index in [-0.39, 0.29) is 30.6 Å². The van der Waals surface area contributed by atoms with E-state index in [2.05, 4.69) is 5.32 Å². The number of nitrogens with one attached hydrogen (secondary N) is 1. The molecule has 2 N–H and O–H groups in total. The van der Waals surface area contributed by atoms with Crippen LogP contribution in [0, 0.1) is 0 Å². The zero-order chi connectivity index (χ0) is 14.5. The summed E-state index contributed by atoms with van der Waals surface area (Å²) >= 11 is 1.71.